The number of benzene rings is 1. The summed E-state index contributed by atoms with van der Waals surface area (Å²) in [4.78, 5) is 26.8. The summed E-state index contributed by atoms with van der Waals surface area (Å²) in [5.74, 6) is 0.257. The number of anilines is 1. The summed E-state index contributed by atoms with van der Waals surface area (Å²) >= 11 is 0. The highest BCUT2D eigenvalue weighted by atomic mass is 16.5. The first-order valence-corrected chi connectivity index (χ1v) is 8.27. The van der Waals surface area contributed by atoms with Crippen molar-refractivity contribution in [1.82, 2.24) is 14.7 Å². The first-order valence-electron chi connectivity index (χ1n) is 8.27. The molecule has 2 amide bonds. The molecule has 0 fully saturated rings. The summed E-state index contributed by atoms with van der Waals surface area (Å²) in [6.45, 7) is 2.35. The van der Waals surface area contributed by atoms with Crippen LogP contribution in [0.2, 0.25) is 0 Å². The molecule has 2 aromatic rings. The minimum atomic E-state index is -0.462. The van der Waals surface area contributed by atoms with Crippen LogP contribution in [0.3, 0.4) is 0 Å². The highest BCUT2D eigenvalue weighted by Gasteiger charge is 2.25. The van der Waals surface area contributed by atoms with E-state index in [2.05, 4.69) is 10.4 Å². The third-order valence-corrected chi connectivity index (χ3v) is 3.94. The van der Waals surface area contributed by atoms with Crippen molar-refractivity contribution in [3.05, 3.63) is 29.6 Å². The SMILES string of the molecule is CCn1ncc(NC(=O)c2ccc(OC)c(OC)c2OC)c1C(=O)N(C)C. The number of aromatic nitrogens is 2. The number of rotatable bonds is 7. The van der Waals surface area contributed by atoms with Crippen LogP contribution >= 0.6 is 0 Å². The normalized spacial score (nSPS) is 10.3. The standard InChI is InChI=1S/C18H24N4O5/c1-7-22-14(18(24)21(2)3)12(10-19-22)20-17(23)11-8-9-13(25-4)16(27-6)15(11)26-5/h8-10H,7H2,1-6H3,(H,20,23). The Morgan fingerprint density at radius 1 is 1.11 bits per heavy atom. The van der Waals surface area contributed by atoms with Crippen LogP contribution in [0.1, 0.15) is 27.8 Å². The third-order valence-electron chi connectivity index (χ3n) is 3.94. The average Bonchev–Trinajstić information content (AvgIpc) is 3.07. The molecule has 0 bridgehead atoms. The Balaban J connectivity index is 2.45. The number of hydrogen-bond acceptors (Lipinski definition) is 6. The zero-order valence-electron chi connectivity index (χ0n) is 16.3. The number of carbonyl (C=O) groups is 2. The van der Waals surface area contributed by atoms with Gasteiger partial charge in [0.05, 0.1) is 38.8 Å². The van der Waals surface area contributed by atoms with Crippen LogP contribution in [0.15, 0.2) is 18.3 Å². The zero-order chi connectivity index (χ0) is 20.1. The molecule has 0 unspecified atom stereocenters. The number of nitrogens with zero attached hydrogens (tertiary/aromatic N) is 3. The molecule has 146 valence electrons. The predicted octanol–water partition coefficient (Wildman–Crippen LogP) is 1.88. The van der Waals surface area contributed by atoms with E-state index in [9.17, 15) is 9.59 Å². The smallest absolute Gasteiger partial charge is 0.273 e. The van der Waals surface area contributed by atoms with Gasteiger partial charge in [0, 0.05) is 20.6 Å². The third kappa shape index (κ3) is 3.81. The number of carbonyl (C=O) groups excluding carboxylic acids is 2. The molecule has 0 radical (unpaired) electrons. The van der Waals surface area contributed by atoms with Crippen LogP contribution in [0.5, 0.6) is 17.2 Å². The summed E-state index contributed by atoms with van der Waals surface area (Å²) in [7, 11) is 7.66. The van der Waals surface area contributed by atoms with E-state index in [1.54, 1.807) is 26.2 Å². The van der Waals surface area contributed by atoms with Crippen molar-refractivity contribution in [3.8, 4) is 17.2 Å². The quantitative estimate of drug-likeness (QED) is 0.793. The van der Waals surface area contributed by atoms with Gasteiger partial charge in [0.25, 0.3) is 11.8 Å². The van der Waals surface area contributed by atoms with Gasteiger partial charge < -0.3 is 24.4 Å². The van der Waals surface area contributed by atoms with E-state index in [1.807, 2.05) is 6.92 Å². The Labute approximate surface area is 157 Å². The van der Waals surface area contributed by atoms with Crippen molar-refractivity contribution in [2.45, 2.75) is 13.5 Å². The van der Waals surface area contributed by atoms with Gasteiger partial charge in [-0.2, -0.15) is 5.10 Å². The predicted molar refractivity (Wildman–Crippen MR) is 100.0 cm³/mol. The second-order valence-electron chi connectivity index (χ2n) is 5.76. The Bertz CT molecular complexity index is 845. The van der Waals surface area contributed by atoms with Crippen molar-refractivity contribution in [3.63, 3.8) is 0 Å². The molecule has 1 aromatic carbocycles. The molecule has 0 saturated heterocycles. The zero-order valence-corrected chi connectivity index (χ0v) is 16.3. The van der Waals surface area contributed by atoms with E-state index in [0.29, 0.717) is 29.4 Å². The number of amides is 2. The lowest BCUT2D eigenvalue weighted by molar-refractivity contribution is 0.0816. The number of aryl methyl sites for hydroxylation is 1. The van der Waals surface area contributed by atoms with Gasteiger partial charge in [-0.05, 0) is 19.1 Å². The molecule has 0 atom stereocenters. The van der Waals surface area contributed by atoms with E-state index in [1.165, 1.54) is 37.1 Å². The second-order valence-corrected chi connectivity index (χ2v) is 5.76. The van der Waals surface area contributed by atoms with Crippen molar-refractivity contribution in [2.75, 3.05) is 40.7 Å². The Morgan fingerprint density at radius 2 is 1.78 bits per heavy atom. The lowest BCUT2D eigenvalue weighted by Crippen LogP contribution is -2.26. The van der Waals surface area contributed by atoms with Gasteiger partial charge in [0.1, 0.15) is 5.69 Å². The van der Waals surface area contributed by atoms with Gasteiger partial charge in [0.15, 0.2) is 11.5 Å². The maximum Gasteiger partial charge on any atom is 0.273 e. The molecule has 1 aromatic heterocycles. The van der Waals surface area contributed by atoms with Crippen molar-refractivity contribution >= 4 is 17.5 Å². The molecule has 1 N–H and O–H groups in total. The average molecular weight is 376 g/mol. The van der Waals surface area contributed by atoms with E-state index >= 15 is 0 Å². The molecule has 1 heterocycles. The topological polar surface area (TPSA) is 94.9 Å². The molecule has 0 aliphatic heterocycles. The number of methoxy groups -OCH3 is 3. The summed E-state index contributed by atoms with van der Waals surface area (Å²) < 4.78 is 17.4. The summed E-state index contributed by atoms with van der Waals surface area (Å²) in [6, 6.07) is 3.17. The van der Waals surface area contributed by atoms with Gasteiger partial charge in [-0.15, -0.1) is 0 Å². The minimum absolute atomic E-state index is 0.234. The van der Waals surface area contributed by atoms with Gasteiger partial charge in [-0.1, -0.05) is 0 Å². The fourth-order valence-electron chi connectivity index (χ4n) is 2.62. The van der Waals surface area contributed by atoms with Gasteiger partial charge in [0.2, 0.25) is 5.75 Å². The summed E-state index contributed by atoms with van der Waals surface area (Å²) in [5, 5.41) is 6.90. The maximum absolute atomic E-state index is 12.9. The molecular weight excluding hydrogens is 352 g/mol. The van der Waals surface area contributed by atoms with E-state index in [-0.39, 0.29) is 17.2 Å². The summed E-state index contributed by atoms with van der Waals surface area (Å²) in [5.41, 5.74) is 0.857. The van der Waals surface area contributed by atoms with Gasteiger partial charge >= 0.3 is 0 Å². The molecular formula is C18H24N4O5. The molecule has 9 nitrogen and oxygen atoms in total. The fourth-order valence-corrected chi connectivity index (χ4v) is 2.62. The lowest BCUT2D eigenvalue weighted by Gasteiger charge is -2.16. The van der Waals surface area contributed by atoms with Crippen molar-refractivity contribution in [1.29, 1.82) is 0 Å². The van der Waals surface area contributed by atoms with Crippen LogP contribution in [0.4, 0.5) is 5.69 Å². The summed E-state index contributed by atoms with van der Waals surface area (Å²) in [6.07, 6.45) is 1.45. The Morgan fingerprint density at radius 3 is 2.30 bits per heavy atom. The highest BCUT2D eigenvalue weighted by molar-refractivity contribution is 6.10. The first-order chi connectivity index (χ1) is 12.9. The van der Waals surface area contributed by atoms with Gasteiger partial charge in [-0.3, -0.25) is 14.3 Å². The fraction of sp³-hybridized carbons (Fsp3) is 0.389. The van der Waals surface area contributed by atoms with Crippen LogP contribution in [0.25, 0.3) is 0 Å². The van der Waals surface area contributed by atoms with Crippen molar-refractivity contribution < 1.29 is 23.8 Å². The van der Waals surface area contributed by atoms with Gasteiger partial charge in [-0.25, -0.2) is 0 Å². The molecule has 0 spiro atoms. The van der Waals surface area contributed by atoms with Crippen LogP contribution < -0.4 is 19.5 Å². The molecule has 0 aliphatic carbocycles. The van der Waals surface area contributed by atoms with E-state index in [0.717, 1.165) is 0 Å². The second kappa shape index (κ2) is 8.43. The minimum Gasteiger partial charge on any atom is -0.493 e. The molecule has 2 rings (SSSR count). The molecule has 27 heavy (non-hydrogen) atoms. The first kappa shape index (κ1) is 20.1. The van der Waals surface area contributed by atoms with Crippen LogP contribution in [-0.2, 0) is 6.54 Å². The maximum atomic E-state index is 12.9. The number of hydrogen-bond donors (Lipinski definition) is 1. The highest BCUT2D eigenvalue weighted by Crippen LogP contribution is 2.40. The van der Waals surface area contributed by atoms with Crippen LogP contribution in [0, 0.1) is 0 Å². The monoisotopic (exact) mass is 376 g/mol. The molecule has 0 aliphatic rings. The van der Waals surface area contributed by atoms with Crippen molar-refractivity contribution in [2.24, 2.45) is 0 Å². The van der Waals surface area contributed by atoms with Crippen LogP contribution in [-0.4, -0.2) is 61.9 Å². The Kier molecular flexibility index (Phi) is 6.27. The van der Waals surface area contributed by atoms with E-state index in [4.69, 9.17) is 14.2 Å². The largest absolute Gasteiger partial charge is 0.493 e. The van der Waals surface area contributed by atoms with E-state index < -0.39 is 5.91 Å². The number of ether oxygens (including phenoxy) is 3. The molecule has 9 heteroatoms. The molecule has 0 saturated carbocycles. The number of nitrogens with one attached hydrogen (secondary N) is 1. The Hall–Kier alpha value is -3.23. The lowest BCUT2D eigenvalue weighted by atomic mass is 10.1.